The third-order valence-electron chi connectivity index (χ3n) is 2.13. The molecular formula is C12H23N. The summed E-state index contributed by atoms with van der Waals surface area (Å²) in [7, 11) is 0. The molecule has 0 spiro atoms. The quantitative estimate of drug-likeness (QED) is 0.569. The highest BCUT2D eigenvalue weighted by molar-refractivity contribution is 4.92. The van der Waals surface area contributed by atoms with E-state index in [2.05, 4.69) is 56.9 Å². The van der Waals surface area contributed by atoms with Crippen molar-refractivity contribution < 1.29 is 0 Å². The predicted octanol–water partition coefficient (Wildman–Crippen LogP) is 3.24. The summed E-state index contributed by atoms with van der Waals surface area (Å²) >= 11 is 0. The Morgan fingerprint density at radius 2 is 1.92 bits per heavy atom. The van der Waals surface area contributed by atoms with Crippen LogP contribution in [0.25, 0.3) is 0 Å². The summed E-state index contributed by atoms with van der Waals surface area (Å²) < 4.78 is 0. The summed E-state index contributed by atoms with van der Waals surface area (Å²) in [6.45, 7) is 10.9. The van der Waals surface area contributed by atoms with Gasteiger partial charge in [-0.15, -0.1) is 0 Å². The van der Waals surface area contributed by atoms with E-state index in [-0.39, 0.29) is 0 Å². The summed E-state index contributed by atoms with van der Waals surface area (Å²) in [5.41, 5.74) is 0. The van der Waals surface area contributed by atoms with Crippen LogP contribution in [0.5, 0.6) is 0 Å². The number of hydrogen-bond donors (Lipinski definition) is 0. The first-order chi connectivity index (χ1) is 6.26. The van der Waals surface area contributed by atoms with Crippen LogP contribution in [0.1, 0.15) is 34.1 Å². The summed E-state index contributed by atoms with van der Waals surface area (Å²) in [6.07, 6.45) is 9.93. The van der Waals surface area contributed by atoms with Gasteiger partial charge in [0.25, 0.3) is 0 Å². The van der Waals surface area contributed by atoms with Crippen LogP contribution in [0, 0.1) is 0 Å². The second kappa shape index (κ2) is 8.06. The minimum Gasteiger partial charge on any atom is -0.294 e. The first kappa shape index (κ1) is 12.4. The molecule has 0 amide bonds. The van der Waals surface area contributed by atoms with Crippen molar-refractivity contribution in [3.05, 3.63) is 24.3 Å². The highest BCUT2D eigenvalue weighted by Crippen LogP contribution is 2.02. The van der Waals surface area contributed by atoms with E-state index in [0.717, 1.165) is 6.54 Å². The zero-order valence-corrected chi connectivity index (χ0v) is 9.46. The Kier molecular flexibility index (Phi) is 7.71. The molecule has 0 fully saturated rings. The fraction of sp³-hybridized carbons (Fsp3) is 0.667. The lowest BCUT2D eigenvalue weighted by molar-refractivity contribution is 0.267. The van der Waals surface area contributed by atoms with E-state index >= 15 is 0 Å². The fourth-order valence-corrected chi connectivity index (χ4v) is 1.39. The molecule has 0 aromatic heterocycles. The monoisotopic (exact) mass is 181 g/mol. The lowest BCUT2D eigenvalue weighted by Crippen LogP contribution is -2.32. The maximum atomic E-state index is 2.47. The maximum absolute atomic E-state index is 2.47. The third-order valence-corrected chi connectivity index (χ3v) is 2.13. The van der Waals surface area contributed by atoms with E-state index in [0.29, 0.717) is 6.04 Å². The highest BCUT2D eigenvalue weighted by Gasteiger charge is 2.06. The van der Waals surface area contributed by atoms with Crippen molar-refractivity contribution in [2.75, 3.05) is 13.1 Å². The Balaban J connectivity index is 4.05. The Hall–Kier alpha value is -0.560. The Bertz CT molecular complexity index is 159. The van der Waals surface area contributed by atoms with Gasteiger partial charge in [-0.25, -0.2) is 0 Å². The van der Waals surface area contributed by atoms with Gasteiger partial charge in [-0.1, -0.05) is 31.2 Å². The molecule has 0 saturated carbocycles. The smallest absolute Gasteiger partial charge is 0.0253 e. The first-order valence-corrected chi connectivity index (χ1v) is 5.24. The summed E-state index contributed by atoms with van der Waals surface area (Å²) in [6, 6.07) is 0.557. The predicted molar refractivity (Wildman–Crippen MR) is 61.0 cm³/mol. The van der Waals surface area contributed by atoms with Crippen LogP contribution in [-0.2, 0) is 0 Å². The van der Waals surface area contributed by atoms with Gasteiger partial charge in [0, 0.05) is 12.6 Å². The van der Waals surface area contributed by atoms with E-state index in [1.54, 1.807) is 0 Å². The lowest BCUT2D eigenvalue weighted by Gasteiger charge is -2.25. The second-order valence-corrected chi connectivity index (χ2v) is 3.33. The van der Waals surface area contributed by atoms with E-state index in [4.69, 9.17) is 0 Å². The van der Waals surface area contributed by atoms with Crippen LogP contribution < -0.4 is 0 Å². The van der Waals surface area contributed by atoms with Crippen molar-refractivity contribution in [1.29, 1.82) is 0 Å². The molecule has 0 radical (unpaired) electrons. The van der Waals surface area contributed by atoms with Crippen LogP contribution in [0.15, 0.2) is 24.3 Å². The van der Waals surface area contributed by atoms with Crippen molar-refractivity contribution in [1.82, 2.24) is 4.90 Å². The molecule has 0 N–H and O–H groups in total. The van der Waals surface area contributed by atoms with Gasteiger partial charge in [0.05, 0.1) is 0 Å². The topological polar surface area (TPSA) is 3.24 Å². The Morgan fingerprint density at radius 1 is 1.23 bits per heavy atom. The van der Waals surface area contributed by atoms with Gasteiger partial charge in [0.15, 0.2) is 0 Å². The van der Waals surface area contributed by atoms with Crippen molar-refractivity contribution in [3.8, 4) is 0 Å². The summed E-state index contributed by atoms with van der Waals surface area (Å²) in [5.74, 6) is 0. The molecule has 0 rings (SSSR count). The Morgan fingerprint density at radius 3 is 2.38 bits per heavy atom. The molecule has 0 aromatic carbocycles. The van der Waals surface area contributed by atoms with E-state index in [1.807, 2.05) is 0 Å². The van der Waals surface area contributed by atoms with Crippen LogP contribution in [0.4, 0.5) is 0 Å². The van der Waals surface area contributed by atoms with Crippen LogP contribution in [0.2, 0.25) is 0 Å². The van der Waals surface area contributed by atoms with Crippen LogP contribution in [-0.4, -0.2) is 24.0 Å². The number of hydrogen-bond acceptors (Lipinski definition) is 1. The van der Waals surface area contributed by atoms with Gasteiger partial charge in [0.2, 0.25) is 0 Å². The average Bonchev–Trinajstić information content (AvgIpc) is 2.12. The van der Waals surface area contributed by atoms with Crippen molar-refractivity contribution in [2.24, 2.45) is 0 Å². The van der Waals surface area contributed by atoms with Gasteiger partial charge in [0.1, 0.15) is 0 Å². The molecule has 1 heteroatoms. The maximum Gasteiger partial charge on any atom is 0.0253 e. The zero-order valence-electron chi connectivity index (χ0n) is 9.46. The van der Waals surface area contributed by atoms with Gasteiger partial charge in [-0.05, 0) is 33.7 Å². The van der Waals surface area contributed by atoms with E-state index in [1.165, 1.54) is 13.0 Å². The molecule has 0 aliphatic carbocycles. The molecule has 0 aliphatic heterocycles. The molecule has 1 nitrogen and oxygen atoms in total. The normalized spacial score (nSPS) is 14.8. The van der Waals surface area contributed by atoms with E-state index < -0.39 is 0 Å². The minimum absolute atomic E-state index is 0.557. The molecule has 1 unspecified atom stereocenters. The largest absolute Gasteiger partial charge is 0.294 e. The molecule has 13 heavy (non-hydrogen) atoms. The van der Waals surface area contributed by atoms with Gasteiger partial charge in [-0.2, -0.15) is 0 Å². The summed E-state index contributed by atoms with van der Waals surface area (Å²) in [5, 5.41) is 0. The van der Waals surface area contributed by atoms with E-state index in [9.17, 15) is 0 Å². The fourth-order valence-electron chi connectivity index (χ4n) is 1.39. The number of rotatable bonds is 6. The van der Waals surface area contributed by atoms with Gasteiger partial charge >= 0.3 is 0 Å². The second-order valence-electron chi connectivity index (χ2n) is 3.33. The third kappa shape index (κ3) is 5.64. The summed E-state index contributed by atoms with van der Waals surface area (Å²) in [4.78, 5) is 2.47. The van der Waals surface area contributed by atoms with Gasteiger partial charge < -0.3 is 0 Å². The van der Waals surface area contributed by atoms with Crippen molar-refractivity contribution in [2.45, 2.75) is 40.2 Å². The van der Waals surface area contributed by atoms with Crippen molar-refractivity contribution >= 4 is 0 Å². The number of nitrogens with zero attached hydrogens (tertiary/aromatic N) is 1. The number of allylic oxidation sites excluding steroid dienone is 2. The highest BCUT2D eigenvalue weighted by atomic mass is 15.1. The molecule has 0 saturated heterocycles. The molecule has 0 bridgehead atoms. The molecular weight excluding hydrogens is 158 g/mol. The molecule has 0 heterocycles. The van der Waals surface area contributed by atoms with Crippen LogP contribution >= 0.6 is 0 Å². The average molecular weight is 181 g/mol. The SMILES string of the molecule is C/C=C\CN(CCC)C(C)/C=C\C. The standard InChI is InChI=1S/C12H23N/c1-5-8-11-13(10-7-3)12(4)9-6-2/h5-6,8-9,12H,7,10-11H2,1-4H3/b8-5-,9-6-. The molecule has 1 atom stereocenters. The van der Waals surface area contributed by atoms with Gasteiger partial charge in [-0.3, -0.25) is 4.90 Å². The van der Waals surface area contributed by atoms with Crippen LogP contribution in [0.3, 0.4) is 0 Å². The first-order valence-electron chi connectivity index (χ1n) is 5.24. The molecule has 0 aliphatic rings. The zero-order chi connectivity index (χ0) is 10.1. The van der Waals surface area contributed by atoms with Crippen molar-refractivity contribution in [3.63, 3.8) is 0 Å². The molecule has 0 aromatic rings. The lowest BCUT2D eigenvalue weighted by atomic mass is 10.2. The Labute approximate surface area is 83.1 Å². The molecule has 76 valence electrons. The minimum atomic E-state index is 0.557.